The van der Waals surface area contributed by atoms with Gasteiger partial charge >= 0.3 is 6.01 Å². The molecule has 0 aliphatic rings. The number of halogens is 1. The molecule has 1 N–H and O–H groups in total. The van der Waals surface area contributed by atoms with Crippen LogP contribution in [0.15, 0.2) is 45.8 Å². The summed E-state index contributed by atoms with van der Waals surface area (Å²) in [7, 11) is 0. The molecule has 2 aromatic carbocycles. The molecule has 110 valence electrons. The fraction of sp³-hybridized carbons (Fsp3) is 0. The van der Waals surface area contributed by atoms with Gasteiger partial charge in [-0.2, -0.15) is 4.98 Å². The zero-order valence-corrected chi connectivity index (χ0v) is 11.7. The molecule has 0 amide bonds. The monoisotopic (exact) mass is 317 g/mol. The van der Waals surface area contributed by atoms with Crippen LogP contribution in [-0.4, -0.2) is 21.2 Å². The zero-order valence-electron chi connectivity index (χ0n) is 10.9. The lowest BCUT2D eigenvalue weighted by Crippen LogP contribution is -1.90. The summed E-state index contributed by atoms with van der Waals surface area (Å²) in [6.07, 6.45) is 1.24. The van der Waals surface area contributed by atoms with E-state index in [1.54, 1.807) is 18.2 Å². The first-order valence-corrected chi connectivity index (χ1v) is 6.48. The van der Waals surface area contributed by atoms with E-state index >= 15 is 0 Å². The molecule has 22 heavy (non-hydrogen) atoms. The molecule has 0 saturated carbocycles. The minimum Gasteiger partial charge on any atom is -0.507 e. The molecule has 1 aromatic heterocycles. The number of rotatable bonds is 3. The minimum absolute atomic E-state index is 0.0585. The van der Waals surface area contributed by atoms with Crippen molar-refractivity contribution in [2.75, 3.05) is 0 Å². The second-order valence-electron chi connectivity index (χ2n) is 4.37. The number of nitro benzene ring substituents is 1. The first-order chi connectivity index (χ1) is 10.5. The summed E-state index contributed by atoms with van der Waals surface area (Å²) in [5, 5.41) is 20.9. The first kappa shape index (κ1) is 14.0. The highest BCUT2D eigenvalue weighted by atomic mass is 35.5. The second kappa shape index (κ2) is 5.45. The van der Waals surface area contributed by atoms with Gasteiger partial charge in [-0.15, -0.1) is 0 Å². The van der Waals surface area contributed by atoms with Crippen LogP contribution in [0.5, 0.6) is 5.75 Å². The highest BCUT2D eigenvalue weighted by Gasteiger charge is 2.09. The van der Waals surface area contributed by atoms with Gasteiger partial charge in [-0.3, -0.25) is 10.1 Å². The van der Waals surface area contributed by atoms with Gasteiger partial charge in [0.2, 0.25) is 0 Å². The van der Waals surface area contributed by atoms with Crippen molar-refractivity contribution in [3.05, 3.63) is 57.1 Å². The van der Waals surface area contributed by atoms with Gasteiger partial charge in [-0.05, 0) is 24.3 Å². The highest BCUT2D eigenvalue weighted by Crippen LogP contribution is 2.25. The van der Waals surface area contributed by atoms with Crippen molar-refractivity contribution in [2.45, 2.75) is 0 Å². The van der Waals surface area contributed by atoms with Crippen LogP contribution in [0.3, 0.4) is 0 Å². The smallest absolute Gasteiger partial charge is 0.322 e. The lowest BCUT2D eigenvalue weighted by Gasteiger charge is -1.97. The van der Waals surface area contributed by atoms with Crippen LogP contribution in [0.4, 0.5) is 11.7 Å². The van der Waals surface area contributed by atoms with Gasteiger partial charge in [0.25, 0.3) is 5.69 Å². The quantitative estimate of drug-likeness (QED) is 0.449. The maximum Gasteiger partial charge on any atom is 0.322 e. The molecule has 3 rings (SSSR count). The molecule has 0 spiro atoms. The fourth-order valence-corrected chi connectivity index (χ4v) is 1.99. The third-order valence-electron chi connectivity index (χ3n) is 2.87. The fourth-order valence-electron chi connectivity index (χ4n) is 1.83. The van der Waals surface area contributed by atoms with Crippen LogP contribution in [0.2, 0.25) is 5.02 Å². The van der Waals surface area contributed by atoms with E-state index in [1.807, 2.05) is 0 Å². The second-order valence-corrected chi connectivity index (χ2v) is 4.80. The van der Waals surface area contributed by atoms with Gasteiger partial charge < -0.3 is 9.52 Å². The van der Waals surface area contributed by atoms with Crippen molar-refractivity contribution < 1.29 is 14.4 Å². The summed E-state index contributed by atoms with van der Waals surface area (Å²) in [4.78, 5) is 18.3. The Kier molecular flexibility index (Phi) is 3.48. The summed E-state index contributed by atoms with van der Waals surface area (Å²) in [5.74, 6) is -0.131. The van der Waals surface area contributed by atoms with Gasteiger partial charge in [0, 0.05) is 28.9 Å². The summed E-state index contributed by atoms with van der Waals surface area (Å²) >= 11 is 5.85. The summed E-state index contributed by atoms with van der Waals surface area (Å²) < 4.78 is 5.38. The molecule has 0 aliphatic carbocycles. The Morgan fingerprint density at radius 2 is 2.14 bits per heavy atom. The van der Waals surface area contributed by atoms with E-state index in [0.29, 0.717) is 16.1 Å². The molecule has 0 radical (unpaired) electrons. The topological polar surface area (TPSA) is 102 Å². The van der Waals surface area contributed by atoms with Gasteiger partial charge in [0.05, 0.1) is 4.92 Å². The van der Waals surface area contributed by atoms with Gasteiger partial charge in [-0.1, -0.05) is 11.6 Å². The Morgan fingerprint density at radius 1 is 1.32 bits per heavy atom. The Morgan fingerprint density at radius 3 is 2.91 bits per heavy atom. The standard InChI is InChI=1S/C14H8ClN3O4/c15-9-1-4-13-11(6-9)17-14(22-13)16-7-8-5-10(18(20)21)2-3-12(8)19/h1-7,19H. The molecular weight excluding hydrogens is 310 g/mol. The average molecular weight is 318 g/mol. The van der Waals surface area contributed by atoms with Crippen LogP contribution in [0.1, 0.15) is 5.56 Å². The van der Waals surface area contributed by atoms with Crippen LogP contribution >= 0.6 is 11.6 Å². The summed E-state index contributed by atoms with van der Waals surface area (Å²) in [6, 6.07) is 8.65. The SMILES string of the molecule is O=[N+]([O-])c1ccc(O)c(C=Nc2nc3cc(Cl)ccc3o2)c1. The minimum atomic E-state index is -0.557. The van der Waals surface area contributed by atoms with E-state index in [1.165, 1.54) is 24.4 Å². The van der Waals surface area contributed by atoms with Crippen LogP contribution in [0, 0.1) is 10.1 Å². The van der Waals surface area contributed by atoms with Crippen molar-refractivity contribution in [1.29, 1.82) is 0 Å². The molecule has 7 nitrogen and oxygen atoms in total. The van der Waals surface area contributed by atoms with Crippen molar-refractivity contribution in [3.8, 4) is 5.75 Å². The molecule has 0 aliphatic heterocycles. The lowest BCUT2D eigenvalue weighted by atomic mass is 10.2. The predicted octanol–water partition coefficient (Wildman–Crippen LogP) is 3.85. The average Bonchev–Trinajstić information content (AvgIpc) is 2.88. The van der Waals surface area contributed by atoms with Crippen LogP contribution < -0.4 is 0 Å². The largest absolute Gasteiger partial charge is 0.507 e. The number of nitrogens with zero attached hydrogens (tertiary/aromatic N) is 3. The molecule has 0 bridgehead atoms. The van der Waals surface area contributed by atoms with Crippen molar-refractivity contribution in [2.24, 2.45) is 4.99 Å². The Bertz CT molecular complexity index is 904. The van der Waals surface area contributed by atoms with Crippen LogP contribution in [0.25, 0.3) is 11.1 Å². The lowest BCUT2D eigenvalue weighted by molar-refractivity contribution is -0.384. The molecule has 0 unspecified atom stereocenters. The normalized spacial score (nSPS) is 11.3. The molecular formula is C14H8ClN3O4. The number of aliphatic imine (C=N–C) groups is 1. The van der Waals surface area contributed by atoms with E-state index in [4.69, 9.17) is 16.0 Å². The van der Waals surface area contributed by atoms with E-state index in [0.717, 1.165) is 0 Å². The Hall–Kier alpha value is -2.93. The molecule has 0 fully saturated rings. The van der Waals surface area contributed by atoms with Gasteiger partial charge in [0.1, 0.15) is 11.3 Å². The maximum atomic E-state index is 10.7. The van der Waals surface area contributed by atoms with E-state index < -0.39 is 4.92 Å². The predicted molar refractivity (Wildman–Crippen MR) is 81.0 cm³/mol. The molecule has 0 atom stereocenters. The number of non-ortho nitro benzene ring substituents is 1. The number of hydrogen-bond donors (Lipinski definition) is 1. The van der Waals surface area contributed by atoms with E-state index in [-0.39, 0.29) is 23.0 Å². The van der Waals surface area contributed by atoms with Gasteiger partial charge in [-0.25, -0.2) is 4.99 Å². The Balaban J connectivity index is 1.95. The van der Waals surface area contributed by atoms with Gasteiger partial charge in [0.15, 0.2) is 5.58 Å². The summed E-state index contributed by atoms with van der Waals surface area (Å²) in [5.41, 5.74) is 1.10. The molecule has 8 heteroatoms. The number of benzene rings is 2. The van der Waals surface area contributed by atoms with E-state index in [2.05, 4.69) is 9.98 Å². The molecule has 0 saturated heterocycles. The first-order valence-electron chi connectivity index (χ1n) is 6.10. The van der Waals surface area contributed by atoms with E-state index in [9.17, 15) is 15.2 Å². The Labute approximate surface area is 128 Å². The number of hydrogen-bond acceptors (Lipinski definition) is 6. The third-order valence-corrected chi connectivity index (χ3v) is 3.11. The number of phenols is 1. The zero-order chi connectivity index (χ0) is 15.7. The number of fused-ring (bicyclic) bond motifs is 1. The van der Waals surface area contributed by atoms with Crippen LogP contribution in [-0.2, 0) is 0 Å². The number of aromatic nitrogens is 1. The number of phenolic OH excluding ortho intramolecular Hbond substituents is 1. The maximum absolute atomic E-state index is 10.7. The molecule has 3 aromatic rings. The molecule has 1 heterocycles. The number of oxazole rings is 1. The number of aromatic hydroxyl groups is 1. The summed E-state index contributed by atoms with van der Waals surface area (Å²) in [6.45, 7) is 0. The highest BCUT2D eigenvalue weighted by molar-refractivity contribution is 6.31. The van der Waals surface area contributed by atoms with Crippen molar-refractivity contribution >= 4 is 40.6 Å². The van der Waals surface area contributed by atoms with Crippen molar-refractivity contribution in [3.63, 3.8) is 0 Å². The number of nitro groups is 1. The van der Waals surface area contributed by atoms with Crippen molar-refractivity contribution in [1.82, 2.24) is 4.98 Å². The third kappa shape index (κ3) is 2.75.